The van der Waals surface area contributed by atoms with E-state index in [0.717, 1.165) is 30.5 Å². The Bertz CT molecular complexity index is 446. The summed E-state index contributed by atoms with van der Waals surface area (Å²) in [5, 5.41) is 0. The predicted molar refractivity (Wildman–Crippen MR) is 83.6 cm³/mol. The summed E-state index contributed by atoms with van der Waals surface area (Å²) in [5.74, 6) is -0.122. The van der Waals surface area contributed by atoms with Crippen LogP contribution in [0, 0.1) is 11.2 Å². The number of hydrogen-bond acceptors (Lipinski definition) is 2. The van der Waals surface area contributed by atoms with E-state index in [-0.39, 0.29) is 5.82 Å². The summed E-state index contributed by atoms with van der Waals surface area (Å²) in [6, 6.07) is 5.98. The molecule has 0 amide bonds. The fourth-order valence-electron chi connectivity index (χ4n) is 3.13. The highest BCUT2D eigenvalue weighted by atomic mass is 19.1. The number of nitrogens with two attached hydrogens (primary N) is 1. The minimum Gasteiger partial charge on any atom is -0.369 e. The molecule has 0 atom stereocenters. The Morgan fingerprint density at radius 2 is 1.95 bits per heavy atom. The number of halogens is 1. The summed E-state index contributed by atoms with van der Waals surface area (Å²) >= 11 is 0. The van der Waals surface area contributed by atoms with E-state index in [1.807, 2.05) is 19.2 Å². The Morgan fingerprint density at radius 1 is 1.30 bits per heavy atom. The summed E-state index contributed by atoms with van der Waals surface area (Å²) in [6.45, 7) is 5.21. The minimum absolute atomic E-state index is 0.122. The fourth-order valence-corrected chi connectivity index (χ4v) is 3.13. The first kappa shape index (κ1) is 15.3. The van der Waals surface area contributed by atoms with E-state index in [1.165, 1.54) is 12.8 Å². The van der Waals surface area contributed by atoms with Crippen molar-refractivity contribution in [2.24, 2.45) is 11.1 Å². The maximum absolute atomic E-state index is 14.2. The molecule has 0 heterocycles. The van der Waals surface area contributed by atoms with E-state index < -0.39 is 0 Å². The van der Waals surface area contributed by atoms with Gasteiger partial charge in [0.25, 0.3) is 0 Å². The van der Waals surface area contributed by atoms with Gasteiger partial charge in [-0.15, -0.1) is 0 Å². The molecule has 0 radical (unpaired) electrons. The van der Waals surface area contributed by atoms with Gasteiger partial charge in [-0.25, -0.2) is 4.39 Å². The number of rotatable bonds is 4. The van der Waals surface area contributed by atoms with Crippen LogP contribution in [0.3, 0.4) is 0 Å². The molecule has 0 aromatic heterocycles. The van der Waals surface area contributed by atoms with Gasteiger partial charge in [-0.05, 0) is 61.8 Å². The molecule has 0 bridgehead atoms. The summed E-state index contributed by atoms with van der Waals surface area (Å²) in [6.07, 6.45) is 5.46. The zero-order chi connectivity index (χ0) is 14.8. The normalized spacial score (nSPS) is 19.1. The minimum atomic E-state index is -0.122. The average molecular weight is 278 g/mol. The van der Waals surface area contributed by atoms with E-state index in [1.54, 1.807) is 6.07 Å². The van der Waals surface area contributed by atoms with Crippen LogP contribution in [0.5, 0.6) is 0 Å². The first-order chi connectivity index (χ1) is 9.43. The van der Waals surface area contributed by atoms with Gasteiger partial charge in [0, 0.05) is 13.1 Å². The lowest BCUT2D eigenvalue weighted by molar-refractivity contribution is 0.222. The first-order valence-electron chi connectivity index (χ1n) is 7.64. The van der Waals surface area contributed by atoms with E-state index in [4.69, 9.17) is 5.73 Å². The molecule has 0 saturated heterocycles. The van der Waals surface area contributed by atoms with Crippen LogP contribution in [-0.2, 0) is 6.42 Å². The van der Waals surface area contributed by atoms with Gasteiger partial charge in [0.05, 0.1) is 5.69 Å². The molecule has 1 saturated carbocycles. The van der Waals surface area contributed by atoms with E-state index in [0.29, 0.717) is 18.0 Å². The smallest absolute Gasteiger partial charge is 0.146 e. The highest BCUT2D eigenvalue weighted by Gasteiger charge is 2.29. The molecule has 1 aliphatic carbocycles. The Labute approximate surface area is 122 Å². The van der Waals surface area contributed by atoms with Crippen LogP contribution >= 0.6 is 0 Å². The highest BCUT2D eigenvalue weighted by molar-refractivity contribution is 5.49. The van der Waals surface area contributed by atoms with Gasteiger partial charge in [-0.2, -0.15) is 0 Å². The van der Waals surface area contributed by atoms with Gasteiger partial charge in [0.15, 0.2) is 0 Å². The second-order valence-electron chi connectivity index (χ2n) is 6.83. The van der Waals surface area contributed by atoms with Crippen molar-refractivity contribution >= 4 is 5.69 Å². The maximum atomic E-state index is 14.2. The quantitative estimate of drug-likeness (QED) is 0.909. The molecule has 0 spiro atoms. The van der Waals surface area contributed by atoms with E-state index >= 15 is 0 Å². The van der Waals surface area contributed by atoms with Crippen LogP contribution in [0.1, 0.15) is 45.1 Å². The largest absolute Gasteiger partial charge is 0.369 e. The lowest BCUT2D eigenvalue weighted by atomic mass is 9.75. The van der Waals surface area contributed by atoms with E-state index in [9.17, 15) is 4.39 Å². The molecule has 1 aromatic carbocycles. The van der Waals surface area contributed by atoms with Crippen molar-refractivity contribution in [1.82, 2.24) is 0 Å². The van der Waals surface area contributed by atoms with Gasteiger partial charge < -0.3 is 10.6 Å². The zero-order valence-corrected chi connectivity index (χ0v) is 13.0. The summed E-state index contributed by atoms with van der Waals surface area (Å²) in [5.41, 5.74) is 7.66. The Hall–Kier alpha value is -1.09. The molecule has 2 nitrogen and oxygen atoms in total. The van der Waals surface area contributed by atoms with Gasteiger partial charge in [-0.1, -0.05) is 19.9 Å². The molecule has 1 aliphatic rings. The molecule has 3 heteroatoms. The second kappa shape index (κ2) is 6.13. The number of hydrogen-bond donors (Lipinski definition) is 1. The third kappa shape index (κ3) is 3.51. The lowest BCUT2D eigenvalue weighted by Crippen LogP contribution is -2.37. The Morgan fingerprint density at radius 3 is 2.50 bits per heavy atom. The molecule has 0 aliphatic heterocycles. The van der Waals surface area contributed by atoms with Gasteiger partial charge >= 0.3 is 0 Å². The fraction of sp³-hybridized carbons (Fsp3) is 0.647. The number of nitrogens with zero attached hydrogens (tertiary/aromatic N) is 1. The van der Waals surface area contributed by atoms with Gasteiger partial charge in [0.1, 0.15) is 5.82 Å². The topological polar surface area (TPSA) is 29.3 Å². The lowest BCUT2D eigenvalue weighted by Gasteiger charge is -2.39. The molecule has 2 N–H and O–H groups in total. The molecule has 0 unspecified atom stereocenters. The molecular weight excluding hydrogens is 251 g/mol. The Kier molecular flexibility index (Phi) is 4.69. The standard InChI is InChI=1S/C17H27FN2/c1-17(2)9-6-14(7-10-17)20(3)16-5-4-13(8-11-19)12-15(16)18/h4-5,12,14H,6-11,19H2,1-3H3. The van der Waals surface area contributed by atoms with Gasteiger partial charge in [0.2, 0.25) is 0 Å². The number of anilines is 1. The maximum Gasteiger partial charge on any atom is 0.146 e. The van der Waals surface area contributed by atoms with Crippen LogP contribution in [0.25, 0.3) is 0 Å². The third-order valence-electron chi connectivity index (χ3n) is 4.68. The number of benzene rings is 1. The van der Waals surface area contributed by atoms with Crippen molar-refractivity contribution < 1.29 is 4.39 Å². The van der Waals surface area contributed by atoms with Crippen LogP contribution in [0.2, 0.25) is 0 Å². The SMILES string of the molecule is CN(c1ccc(CCN)cc1F)C1CCC(C)(C)CC1. The summed E-state index contributed by atoms with van der Waals surface area (Å²) in [7, 11) is 2.02. The molecule has 2 rings (SSSR count). The average Bonchev–Trinajstić information content (AvgIpc) is 2.38. The predicted octanol–water partition coefficient (Wildman–Crippen LogP) is 3.73. The molecule has 1 aromatic rings. The first-order valence-corrected chi connectivity index (χ1v) is 7.64. The van der Waals surface area contributed by atoms with Crippen LogP contribution in [0.4, 0.5) is 10.1 Å². The zero-order valence-electron chi connectivity index (χ0n) is 13.0. The van der Waals surface area contributed by atoms with Crippen LogP contribution in [0.15, 0.2) is 18.2 Å². The molecular formula is C17H27FN2. The van der Waals surface area contributed by atoms with Crippen LogP contribution in [-0.4, -0.2) is 19.6 Å². The molecule has 20 heavy (non-hydrogen) atoms. The van der Waals surface area contributed by atoms with Crippen molar-refractivity contribution in [3.05, 3.63) is 29.6 Å². The van der Waals surface area contributed by atoms with Crippen molar-refractivity contribution in [2.45, 2.75) is 52.0 Å². The van der Waals surface area contributed by atoms with Crippen molar-refractivity contribution in [3.8, 4) is 0 Å². The van der Waals surface area contributed by atoms with Gasteiger partial charge in [-0.3, -0.25) is 0 Å². The third-order valence-corrected chi connectivity index (χ3v) is 4.68. The van der Waals surface area contributed by atoms with Crippen molar-refractivity contribution in [1.29, 1.82) is 0 Å². The Balaban J connectivity index is 2.07. The monoisotopic (exact) mass is 278 g/mol. The molecule has 1 fully saturated rings. The second-order valence-corrected chi connectivity index (χ2v) is 6.83. The highest BCUT2D eigenvalue weighted by Crippen LogP contribution is 2.38. The summed E-state index contributed by atoms with van der Waals surface area (Å²) in [4.78, 5) is 2.12. The van der Waals surface area contributed by atoms with Crippen LogP contribution < -0.4 is 10.6 Å². The van der Waals surface area contributed by atoms with E-state index in [2.05, 4.69) is 18.7 Å². The van der Waals surface area contributed by atoms with Crippen molar-refractivity contribution in [2.75, 3.05) is 18.5 Å². The van der Waals surface area contributed by atoms with Crippen molar-refractivity contribution in [3.63, 3.8) is 0 Å². The summed E-state index contributed by atoms with van der Waals surface area (Å²) < 4.78 is 14.2. The molecule has 112 valence electrons.